The van der Waals surface area contributed by atoms with Crippen molar-refractivity contribution in [2.45, 2.75) is 64.8 Å². The molecule has 0 radical (unpaired) electrons. The molecule has 1 fully saturated rings. The van der Waals surface area contributed by atoms with E-state index >= 15 is 0 Å². The number of aryl methyl sites for hydroxylation is 2. The van der Waals surface area contributed by atoms with E-state index in [1.165, 1.54) is 12.8 Å². The van der Waals surface area contributed by atoms with Gasteiger partial charge in [0.15, 0.2) is 0 Å². The van der Waals surface area contributed by atoms with Crippen molar-refractivity contribution >= 4 is 11.6 Å². The smallest absolute Gasteiger partial charge is 0.0850 e. The molecule has 4 heteroatoms. The van der Waals surface area contributed by atoms with Crippen molar-refractivity contribution in [3.8, 4) is 0 Å². The second kappa shape index (κ2) is 6.07. The zero-order valence-corrected chi connectivity index (χ0v) is 14.0. The lowest BCUT2D eigenvalue weighted by Crippen LogP contribution is -2.47. The molecule has 1 heterocycles. The third-order valence-electron chi connectivity index (χ3n) is 4.88. The molecule has 2 unspecified atom stereocenters. The van der Waals surface area contributed by atoms with Crippen LogP contribution < -0.4 is 5.73 Å². The maximum Gasteiger partial charge on any atom is 0.0850 e. The molecule has 1 aliphatic carbocycles. The predicted octanol–water partition coefficient (Wildman–Crippen LogP) is 3.72. The van der Waals surface area contributed by atoms with E-state index in [0.29, 0.717) is 5.92 Å². The van der Waals surface area contributed by atoms with Crippen molar-refractivity contribution in [3.05, 3.63) is 16.4 Å². The van der Waals surface area contributed by atoms with Crippen LogP contribution in [0.2, 0.25) is 5.02 Å². The Balaban J connectivity index is 2.18. The average molecular weight is 298 g/mol. The minimum absolute atomic E-state index is 0.115. The number of nitrogens with two attached hydrogens (primary N) is 1. The summed E-state index contributed by atoms with van der Waals surface area (Å²) in [5.74, 6) is 1.46. The van der Waals surface area contributed by atoms with Crippen LogP contribution in [0.3, 0.4) is 0 Å². The third-order valence-corrected chi connectivity index (χ3v) is 5.32. The van der Waals surface area contributed by atoms with Gasteiger partial charge in [-0.15, -0.1) is 0 Å². The van der Waals surface area contributed by atoms with Crippen molar-refractivity contribution in [1.29, 1.82) is 0 Å². The minimum atomic E-state index is -0.115. The highest BCUT2D eigenvalue weighted by Gasteiger charge is 2.35. The Kier molecular flexibility index (Phi) is 4.80. The Labute approximate surface area is 127 Å². The van der Waals surface area contributed by atoms with E-state index in [0.717, 1.165) is 48.0 Å². The summed E-state index contributed by atoms with van der Waals surface area (Å²) in [5, 5.41) is 5.33. The number of nitrogens with zero attached hydrogens (tertiary/aromatic N) is 2. The van der Waals surface area contributed by atoms with Crippen LogP contribution in [0.15, 0.2) is 0 Å². The van der Waals surface area contributed by atoms with Gasteiger partial charge in [-0.3, -0.25) is 4.68 Å². The maximum absolute atomic E-state index is 6.71. The van der Waals surface area contributed by atoms with Gasteiger partial charge in [-0.2, -0.15) is 5.10 Å². The van der Waals surface area contributed by atoms with Gasteiger partial charge < -0.3 is 5.73 Å². The zero-order valence-electron chi connectivity index (χ0n) is 13.2. The molecule has 0 aromatic carbocycles. The molecular formula is C16H28ClN3. The first-order valence-corrected chi connectivity index (χ1v) is 8.23. The van der Waals surface area contributed by atoms with Gasteiger partial charge in [-0.05, 0) is 31.1 Å². The van der Waals surface area contributed by atoms with Gasteiger partial charge in [0.1, 0.15) is 0 Å². The molecule has 2 atom stereocenters. The van der Waals surface area contributed by atoms with E-state index in [9.17, 15) is 0 Å². The Hall–Kier alpha value is -0.540. The lowest BCUT2D eigenvalue weighted by molar-refractivity contribution is 0.180. The van der Waals surface area contributed by atoms with Crippen molar-refractivity contribution in [2.75, 3.05) is 0 Å². The van der Waals surface area contributed by atoms with Crippen LogP contribution in [0.1, 0.15) is 57.8 Å². The van der Waals surface area contributed by atoms with Crippen molar-refractivity contribution in [2.24, 2.45) is 24.6 Å². The van der Waals surface area contributed by atoms with E-state index < -0.39 is 0 Å². The van der Waals surface area contributed by atoms with Gasteiger partial charge in [0.05, 0.1) is 16.4 Å². The number of aromatic nitrogens is 2. The molecular weight excluding hydrogens is 270 g/mol. The molecule has 0 aliphatic heterocycles. The number of hydrogen-bond donors (Lipinski definition) is 1. The standard InChI is InChI=1S/C16H28ClN3/c1-5-13-15(17)14(20(4)19-13)10-16(18)8-6-7-12(9-16)11(2)3/h11-12H,5-10,18H2,1-4H3. The Bertz CT molecular complexity index is 467. The van der Waals surface area contributed by atoms with Gasteiger partial charge in [-0.1, -0.05) is 45.2 Å². The number of hydrogen-bond acceptors (Lipinski definition) is 2. The van der Waals surface area contributed by atoms with Crippen LogP contribution in [0.5, 0.6) is 0 Å². The molecule has 3 nitrogen and oxygen atoms in total. The predicted molar refractivity (Wildman–Crippen MR) is 85.0 cm³/mol. The molecule has 20 heavy (non-hydrogen) atoms. The van der Waals surface area contributed by atoms with Gasteiger partial charge in [0.25, 0.3) is 0 Å². The summed E-state index contributed by atoms with van der Waals surface area (Å²) in [7, 11) is 1.98. The number of halogens is 1. The van der Waals surface area contributed by atoms with E-state index in [1.807, 2.05) is 11.7 Å². The molecule has 1 aliphatic rings. The monoisotopic (exact) mass is 297 g/mol. The summed E-state index contributed by atoms with van der Waals surface area (Å²) in [4.78, 5) is 0. The first kappa shape index (κ1) is 15.8. The molecule has 0 saturated heterocycles. The van der Waals surface area contributed by atoms with E-state index in [-0.39, 0.29) is 5.54 Å². The minimum Gasteiger partial charge on any atom is -0.325 e. The fourth-order valence-corrected chi connectivity index (χ4v) is 3.88. The lowest BCUT2D eigenvalue weighted by Gasteiger charge is -2.39. The highest BCUT2D eigenvalue weighted by Crippen LogP contribution is 2.38. The van der Waals surface area contributed by atoms with Gasteiger partial charge in [-0.25, -0.2) is 0 Å². The molecule has 0 bridgehead atoms. The first-order valence-electron chi connectivity index (χ1n) is 7.85. The summed E-state index contributed by atoms with van der Waals surface area (Å²) in [5.41, 5.74) is 8.69. The van der Waals surface area contributed by atoms with Crippen molar-refractivity contribution in [1.82, 2.24) is 9.78 Å². The molecule has 1 saturated carbocycles. The van der Waals surface area contributed by atoms with Crippen LogP contribution in [0.25, 0.3) is 0 Å². The molecule has 1 aromatic rings. The summed E-state index contributed by atoms with van der Waals surface area (Å²) < 4.78 is 1.93. The molecule has 2 rings (SSSR count). The van der Waals surface area contributed by atoms with Crippen LogP contribution >= 0.6 is 11.6 Å². The van der Waals surface area contributed by atoms with Gasteiger partial charge in [0, 0.05) is 19.0 Å². The molecule has 114 valence electrons. The van der Waals surface area contributed by atoms with Crippen LogP contribution in [0.4, 0.5) is 0 Å². The summed E-state index contributed by atoms with van der Waals surface area (Å²) in [6.07, 6.45) is 6.47. The molecule has 1 aromatic heterocycles. The van der Waals surface area contributed by atoms with Crippen LogP contribution in [-0.2, 0) is 19.9 Å². The Morgan fingerprint density at radius 2 is 2.20 bits per heavy atom. The van der Waals surface area contributed by atoms with E-state index in [1.54, 1.807) is 0 Å². The third kappa shape index (κ3) is 3.20. The fraction of sp³-hybridized carbons (Fsp3) is 0.812. The summed E-state index contributed by atoms with van der Waals surface area (Å²) in [6.45, 7) is 6.71. The Morgan fingerprint density at radius 3 is 2.75 bits per heavy atom. The van der Waals surface area contributed by atoms with E-state index in [4.69, 9.17) is 17.3 Å². The normalized spacial score (nSPS) is 27.2. The zero-order chi connectivity index (χ0) is 14.9. The average Bonchev–Trinajstić information content (AvgIpc) is 2.66. The fourth-order valence-electron chi connectivity index (χ4n) is 3.52. The number of rotatable bonds is 4. The second-order valence-corrected chi connectivity index (χ2v) is 7.20. The second-order valence-electron chi connectivity index (χ2n) is 6.82. The quantitative estimate of drug-likeness (QED) is 0.920. The SMILES string of the molecule is CCc1nn(C)c(CC2(N)CCCC(C(C)C)C2)c1Cl. The maximum atomic E-state index is 6.71. The summed E-state index contributed by atoms with van der Waals surface area (Å²) >= 11 is 6.47. The lowest BCUT2D eigenvalue weighted by atomic mass is 9.70. The largest absolute Gasteiger partial charge is 0.325 e. The molecule has 0 spiro atoms. The van der Waals surface area contributed by atoms with E-state index in [2.05, 4.69) is 25.9 Å². The molecule has 0 amide bonds. The first-order chi connectivity index (χ1) is 9.36. The van der Waals surface area contributed by atoms with Gasteiger partial charge >= 0.3 is 0 Å². The van der Waals surface area contributed by atoms with Gasteiger partial charge in [0.2, 0.25) is 0 Å². The Morgan fingerprint density at radius 1 is 1.50 bits per heavy atom. The van der Waals surface area contributed by atoms with Crippen molar-refractivity contribution in [3.63, 3.8) is 0 Å². The summed E-state index contributed by atoms with van der Waals surface area (Å²) in [6, 6.07) is 0. The highest BCUT2D eigenvalue weighted by atomic mass is 35.5. The van der Waals surface area contributed by atoms with Crippen LogP contribution in [0, 0.1) is 11.8 Å². The molecule has 2 N–H and O–H groups in total. The van der Waals surface area contributed by atoms with Crippen molar-refractivity contribution < 1.29 is 0 Å². The highest BCUT2D eigenvalue weighted by molar-refractivity contribution is 6.31. The van der Waals surface area contributed by atoms with Crippen LogP contribution in [-0.4, -0.2) is 15.3 Å². The topological polar surface area (TPSA) is 43.8 Å².